The van der Waals surface area contributed by atoms with Gasteiger partial charge in [-0.2, -0.15) is 0 Å². The first-order chi connectivity index (χ1) is 17.7. The highest BCUT2D eigenvalue weighted by Crippen LogP contribution is 2.36. The van der Waals surface area contributed by atoms with Crippen molar-refractivity contribution in [1.82, 2.24) is 19.4 Å². The van der Waals surface area contributed by atoms with E-state index in [9.17, 15) is 24.1 Å². The third kappa shape index (κ3) is 5.00. The molecule has 1 aliphatic rings. The number of aryl methyl sites for hydroxylation is 1. The zero-order valence-electron chi connectivity index (χ0n) is 21.8. The van der Waals surface area contributed by atoms with Gasteiger partial charge in [0.15, 0.2) is 16.6 Å². The van der Waals surface area contributed by atoms with Gasteiger partial charge in [-0.3, -0.25) is 24.5 Å². The van der Waals surface area contributed by atoms with Crippen molar-refractivity contribution in [3.05, 3.63) is 61.0 Å². The number of nitro groups is 1. The molecule has 0 atom stereocenters. The molecule has 3 aromatic rings. The fourth-order valence-corrected chi connectivity index (χ4v) is 4.44. The van der Waals surface area contributed by atoms with E-state index in [0.717, 1.165) is 10.6 Å². The number of nitrogens with one attached hydrogen (secondary N) is 1. The van der Waals surface area contributed by atoms with Gasteiger partial charge in [0, 0.05) is 19.3 Å². The summed E-state index contributed by atoms with van der Waals surface area (Å²) in [7, 11) is 0. The van der Waals surface area contributed by atoms with Crippen molar-refractivity contribution in [1.29, 1.82) is 0 Å². The maximum atomic E-state index is 14.7. The zero-order chi connectivity index (χ0) is 28.1. The molecule has 13 heteroatoms. The first-order valence-electron chi connectivity index (χ1n) is 12.0. The summed E-state index contributed by atoms with van der Waals surface area (Å²) >= 11 is 6.02. The lowest BCUT2D eigenvalue weighted by Crippen LogP contribution is -2.58. The van der Waals surface area contributed by atoms with E-state index in [4.69, 9.17) is 16.3 Å². The molecule has 4 rings (SSSR count). The highest BCUT2D eigenvalue weighted by Gasteiger charge is 2.37. The number of halogens is 2. The molecule has 0 saturated carbocycles. The molecule has 11 nitrogen and oxygen atoms in total. The number of amides is 1. The molecule has 0 aromatic carbocycles. The van der Waals surface area contributed by atoms with E-state index in [1.54, 1.807) is 40.0 Å². The topological polar surface area (TPSA) is 132 Å². The molecular formula is C25H28ClFN6O5. The number of nitrogens with zero attached hydrogens (tertiary/aromatic N) is 5. The van der Waals surface area contributed by atoms with Crippen LogP contribution in [0.3, 0.4) is 0 Å². The molecule has 1 fully saturated rings. The summed E-state index contributed by atoms with van der Waals surface area (Å²) in [5, 5.41) is 14.7. The first kappa shape index (κ1) is 27.2. The quantitative estimate of drug-likeness (QED) is 0.270. The summed E-state index contributed by atoms with van der Waals surface area (Å²) in [5.41, 5.74) is -1.24. The standard InChI is InChI=1S/C25H28ClFN6O5/c1-12(2)17-19(13(3)7-8-28-17)32-22-15(9-16(27)21(26)30-22)18(20(23(32)34)33(36)37)29-14-10-31(11-14)24(35)38-25(4,5)6/h7-9,12,14,29H,10-11H2,1-6H3. The van der Waals surface area contributed by atoms with Crippen LogP contribution in [0.4, 0.5) is 20.6 Å². The van der Waals surface area contributed by atoms with Gasteiger partial charge in [-0.25, -0.2) is 14.2 Å². The number of ether oxygens (including phenoxy) is 1. The Bertz CT molecular complexity index is 1510. The second-order valence-electron chi connectivity index (χ2n) is 10.5. The molecule has 0 spiro atoms. The highest BCUT2D eigenvalue weighted by atomic mass is 35.5. The van der Waals surface area contributed by atoms with Crippen LogP contribution in [0, 0.1) is 22.9 Å². The minimum atomic E-state index is -0.971. The molecule has 0 radical (unpaired) electrons. The Hall–Kier alpha value is -3.80. The molecule has 0 aliphatic carbocycles. The predicted octanol–water partition coefficient (Wildman–Crippen LogP) is 4.94. The molecule has 0 bridgehead atoms. The van der Waals surface area contributed by atoms with Gasteiger partial charge >= 0.3 is 17.3 Å². The SMILES string of the molecule is Cc1ccnc(C(C)C)c1-n1c(=O)c([N+](=O)[O-])c(NC2CN(C(=O)OC(C)(C)C)C2)c2cc(F)c(Cl)nc21. The molecule has 3 aromatic heterocycles. The number of likely N-dealkylation sites (tertiary alicyclic amines) is 1. The number of hydrogen-bond donors (Lipinski definition) is 1. The Morgan fingerprint density at radius 3 is 2.58 bits per heavy atom. The first-order valence-corrected chi connectivity index (χ1v) is 12.4. The molecular weight excluding hydrogens is 519 g/mol. The number of anilines is 1. The van der Waals surface area contributed by atoms with Crippen molar-refractivity contribution in [2.75, 3.05) is 18.4 Å². The summed E-state index contributed by atoms with van der Waals surface area (Å²) in [4.78, 5) is 47.5. The van der Waals surface area contributed by atoms with Crippen LogP contribution in [0.2, 0.25) is 5.15 Å². The summed E-state index contributed by atoms with van der Waals surface area (Å²) in [5.74, 6) is -1.05. The number of pyridine rings is 3. The van der Waals surface area contributed by atoms with Gasteiger partial charge in [0.25, 0.3) is 0 Å². The summed E-state index contributed by atoms with van der Waals surface area (Å²) in [6, 6.07) is 2.23. The van der Waals surface area contributed by atoms with E-state index < -0.39 is 44.9 Å². The van der Waals surface area contributed by atoms with E-state index in [-0.39, 0.29) is 35.7 Å². The van der Waals surface area contributed by atoms with E-state index >= 15 is 0 Å². The number of rotatable bonds is 5. The summed E-state index contributed by atoms with van der Waals surface area (Å²) in [6.45, 7) is 11.0. The summed E-state index contributed by atoms with van der Waals surface area (Å²) in [6.07, 6.45) is 1.05. The van der Waals surface area contributed by atoms with E-state index in [2.05, 4.69) is 15.3 Å². The fourth-order valence-electron chi connectivity index (χ4n) is 4.31. The number of hydrogen-bond acceptors (Lipinski definition) is 8. The number of carbonyl (C=O) groups excluding carboxylic acids is 1. The third-order valence-corrected chi connectivity index (χ3v) is 6.29. The maximum Gasteiger partial charge on any atom is 0.410 e. The minimum Gasteiger partial charge on any atom is -0.444 e. The van der Waals surface area contributed by atoms with Crippen LogP contribution in [0.25, 0.3) is 16.7 Å². The molecule has 1 amide bonds. The van der Waals surface area contributed by atoms with Crippen LogP contribution in [-0.2, 0) is 4.74 Å². The van der Waals surface area contributed by atoms with Gasteiger partial charge in [0.05, 0.1) is 27.7 Å². The molecule has 0 unspecified atom stereocenters. The van der Waals surface area contributed by atoms with Gasteiger partial charge in [0.2, 0.25) is 0 Å². The van der Waals surface area contributed by atoms with Gasteiger partial charge in [-0.1, -0.05) is 25.4 Å². The Morgan fingerprint density at radius 1 is 1.34 bits per heavy atom. The van der Waals surface area contributed by atoms with Crippen molar-refractivity contribution in [3.8, 4) is 5.69 Å². The normalized spacial score (nSPS) is 14.1. The minimum absolute atomic E-state index is 0.00752. The zero-order valence-corrected chi connectivity index (χ0v) is 22.6. The second kappa shape index (κ2) is 9.82. The maximum absolute atomic E-state index is 14.7. The molecule has 1 saturated heterocycles. The van der Waals surface area contributed by atoms with Gasteiger partial charge in [0.1, 0.15) is 11.3 Å². The Kier molecular flexibility index (Phi) is 7.04. The summed E-state index contributed by atoms with van der Waals surface area (Å²) < 4.78 is 21.1. The Labute approximate surface area is 222 Å². The number of fused-ring (bicyclic) bond motifs is 1. The van der Waals surface area contributed by atoms with Crippen LogP contribution in [-0.4, -0.2) is 55.2 Å². The second-order valence-corrected chi connectivity index (χ2v) is 10.9. The average Bonchev–Trinajstić information content (AvgIpc) is 2.76. The van der Waals surface area contributed by atoms with Crippen LogP contribution in [0.1, 0.15) is 51.8 Å². The largest absolute Gasteiger partial charge is 0.444 e. The van der Waals surface area contributed by atoms with Crippen molar-refractivity contribution in [3.63, 3.8) is 0 Å². The number of carbonyl (C=O) groups is 1. The van der Waals surface area contributed by atoms with Crippen LogP contribution < -0.4 is 10.9 Å². The van der Waals surface area contributed by atoms with Crippen molar-refractivity contribution in [2.24, 2.45) is 0 Å². The van der Waals surface area contributed by atoms with E-state index in [0.29, 0.717) is 16.9 Å². The van der Waals surface area contributed by atoms with E-state index in [1.807, 2.05) is 13.8 Å². The van der Waals surface area contributed by atoms with E-state index in [1.165, 1.54) is 4.90 Å². The lowest BCUT2D eigenvalue weighted by molar-refractivity contribution is -0.385. The lowest BCUT2D eigenvalue weighted by atomic mass is 10.0. The van der Waals surface area contributed by atoms with Crippen LogP contribution in [0.15, 0.2) is 23.1 Å². The fraction of sp³-hybridized carbons (Fsp3) is 0.440. The molecule has 202 valence electrons. The average molecular weight is 547 g/mol. The predicted molar refractivity (Wildman–Crippen MR) is 141 cm³/mol. The number of aromatic nitrogens is 3. The van der Waals surface area contributed by atoms with Crippen molar-refractivity contribution >= 4 is 40.1 Å². The smallest absolute Gasteiger partial charge is 0.410 e. The molecule has 1 N–H and O–H groups in total. The van der Waals surface area contributed by atoms with Gasteiger partial charge in [-0.05, 0) is 51.3 Å². The Morgan fingerprint density at radius 2 is 2.00 bits per heavy atom. The monoisotopic (exact) mass is 546 g/mol. The van der Waals surface area contributed by atoms with Crippen LogP contribution in [0.5, 0.6) is 0 Å². The van der Waals surface area contributed by atoms with Gasteiger partial charge in [-0.15, -0.1) is 0 Å². The highest BCUT2D eigenvalue weighted by molar-refractivity contribution is 6.30. The molecule has 38 heavy (non-hydrogen) atoms. The van der Waals surface area contributed by atoms with Crippen molar-refractivity contribution in [2.45, 2.75) is 59.1 Å². The third-order valence-electron chi connectivity index (χ3n) is 6.03. The van der Waals surface area contributed by atoms with Gasteiger partial charge < -0.3 is 15.0 Å². The van der Waals surface area contributed by atoms with Crippen molar-refractivity contribution < 1.29 is 18.8 Å². The lowest BCUT2D eigenvalue weighted by Gasteiger charge is -2.40. The Balaban J connectivity index is 1.89. The van der Waals surface area contributed by atoms with Crippen LogP contribution >= 0.6 is 11.6 Å². The molecule has 1 aliphatic heterocycles. The molecule has 4 heterocycles.